The molecule has 0 spiro atoms. The molecule has 0 aromatic carbocycles. The lowest BCUT2D eigenvalue weighted by Gasteiger charge is -2.19. The molecule has 0 bridgehead atoms. The zero-order chi connectivity index (χ0) is 16.4. The van der Waals surface area contributed by atoms with Crippen molar-refractivity contribution < 1.29 is 9.90 Å². The van der Waals surface area contributed by atoms with Crippen LogP contribution in [0, 0.1) is 13.8 Å². The maximum Gasteiger partial charge on any atom is 0.274 e. The van der Waals surface area contributed by atoms with Crippen molar-refractivity contribution >= 4 is 11.6 Å². The molecule has 3 aromatic rings. The highest BCUT2D eigenvalue weighted by molar-refractivity contribution is 5.93. The fraction of sp³-hybridized carbons (Fsp3) is 0.333. The first-order valence-electron chi connectivity index (χ1n) is 7.31. The number of aryl methyl sites for hydroxylation is 2. The van der Waals surface area contributed by atoms with Gasteiger partial charge in [0.25, 0.3) is 5.91 Å². The van der Waals surface area contributed by atoms with Gasteiger partial charge in [0.1, 0.15) is 5.82 Å². The van der Waals surface area contributed by atoms with E-state index in [2.05, 4.69) is 20.1 Å². The minimum atomic E-state index is -0.266. The predicted molar refractivity (Wildman–Crippen MR) is 82.9 cm³/mol. The summed E-state index contributed by atoms with van der Waals surface area (Å²) in [6.45, 7) is 4.18. The Hall–Kier alpha value is -2.74. The number of amides is 1. The monoisotopic (exact) mass is 314 g/mol. The first-order valence-corrected chi connectivity index (χ1v) is 7.31. The number of hydrogen-bond acceptors (Lipinski definition) is 5. The third-order valence-corrected chi connectivity index (χ3v) is 3.51. The van der Waals surface area contributed by atoms with Crippen LogP contribution in [0.4, 0.5) is 0 Å². The molecule has 0 aliphatic heterocycles. The molecule has 0 saturated carbocycles. The van der Waals surface area contributed by atoms with E-state index in [1.54, 1.807) is 23.0 Å². The minimum Gasteiger partial charge on any atom is -0.395 e. The molecular formula is C15H18N6O2. The Morgan fingerprint density at radius 2 is 2.22 bits per heavy atom. The van der Waals surface area contributed by atoms with Gasteiger partial charge in [-0.1, -0.05) is 0 Å². The predicted octanol–water partition coefficient (Wildman–Crippen LogP) is 0.704. The Morgan fingerprint density at radius 3 is 2.91 bits per heavy atom. The molecule has 23 heavy (non-hydrogen) atoms. The molecule has 2 N–H and O–H groups in total. The van der Waals surface area contributed by atoms with Crippen LogP contribution in [0.1, 0.15) is 27.7 Å². The summed E-state index contributed by atoms with van der Waals surface area (Å²) in [6, 6.07) is 3.57. The Kier molecular flexibility index (Phi) is 4.07. The lowest BCUT2D eigenvalue weighted by Crippen LogP contribution is -2.33. The summed E-state index contributed by atoms with van der Waals surface area (Å²) in [4.78, 5) is 25.6. The molecular weight excluding hydrogens is 296 g/mol. The first kappa shape index (κ1) is 15.2. The van der Waals surface area contributed by atoms with Gasteiger partial charge >= 0.3 is 0 Å². The van der Waals surface area contributed by atoms with E-state index in [0.29, 0.717) is 17.2 Å². The summed E-state index contributed by atoms with van der Waals surface area (Å²) in [5.74, 6) is 0.388. The molecule has 0 aliphatic rings. The molecule has 0 unspecified atom stereocenters. The molecule has 120 valence electrons. The van der Waals surface area contributed by atoms with E-state index in [9.17, 15) is 9.90 Å². The van der Waals surface area contributed by atoms with Crippen LogP contribution >= 0.6 is 0 Å². The van der Waals surface area contributed by atoms with Gasteiger partial charge in [-0.2, -0.15) is 5.10 Å². The van der Waals surface area contributed by atoms with Crippen molar-refractivity contribution in [1.29, 1.82) is 0 Å². The SMILES string of the molecule is Cc1cc(C)n2nc(C(=O)N(CCO)Cc3ncc[nH]3)cc2n1. The van der Waals surface area contributed by atoms with E-state index >= 15 is 0 Å². The fourth-order valence-corrected chi connectivity index (χ4v) is 2.49. The summed E-state index contributed by atoms with van der Waals surface area (Å²) in [5, 5.41) is 13.6. The highest BCUT2D eigenvalue weighted by atomic mass is 16.3. The van der Waals surface area contributed by atoms with E-state index in [4.69, 9.17) is 0 Å². The number of carbonyl (C=O) groups is 1. The molecule has 0 atom stereocenters. The van der Waals surface area contributed by atoms with Crippen molar-refractivity contribution in [3.8, 4) is 0 Å². The van der Waals surface area contributed by atoms with Gasteiger partial charge in [-0.3, -0.25) is 4.79 Å². The van der Waals surface area contributed by atoms with Gasteiger partial charge in [-0.05, 0) is 19.9 Å². The molecule has 0 radical (unpaired) electrons. The first-order chi connectivity index (χ1) is 11.1. The number of nitrogens with zero attached hydrogens (tertiary/aromatic N) is 5. The lowest BCUT2D eigenvalue weighted by atomic mass is 10.3. The normalized spacial score (nSPS) is 11.1. The van der Waals surface area contributed by atoms with E-state index in [-0.39, 0.29) is 25.6 Å². The Balaban J connectivity index is 1.91. The zero-order valence-electron chi connectivity index (χ0n) is 13.0. The second-order valence-electron chi connectivity index (χ2n) is 5.32. The number of aliphatic hydroxyl groups is 1. The Morgan fingerprint density at radius 1 is 1.39 bits per heavy atom. The van der Waals surface area contributed by atoms with Crippen LogP contribution in [0.2, 0.25) is 0 Å². The zero-order valence-corrected chi connectivity index (χ0v) is 13.0. The van der Waals surface area contributed by atoms with Crippen molar-refractivity contribution in [2.75, 3.05) is 13.2 Å². The number of rotatable bonds is 5. The van der Waals surface area contributed by atoms with E-state index in [0.717, 1.165) is 11.4 Å². The topological polar surface area (TPSA) is 99.4 Å². The second-order valence-corrected chi connectivity index (χ2v) is 5.32. The van der Waals surface area contributed by atoms with Crippen LogP contribution in [0.3, 0.4) is 0 Å². The summed E-state index contributed by atoms with van der Waals surface area (Å²) < 4.78 is 1.64. The molecule has 1 amide bonds. The number of H-pyrrole nitrogens is 1. The number of aliphatic hydroxyl groups excluding tert-OH is 1. The molecule has 8 nitrogen and oxygen atoms in total. The molecule has 3 heterocycles. The molecule has 3 aromatic heterocycles. The number of imidazole rings is 1. The molecule has 0 saturated heterocycles. The highest BCUT2D eigenvalue weighted by Crippen LogP contribution is 2.12. The van der Waals surface area contributed by atoms with Gasteiger partial charge in [0.05, 0.1) is 13.2 Å². The van der Waals surface area contributed by atoms with Crippen LogP contribution in [0.25, 0.3) is 5.65 Å². The van der Waals surface area contributed by atoms with Gasteiger partial charge in [-0.25, -0.2) is 14.5 Å². The number of nitrogens with one attached hydrogen (secondary N) is 1. The Bertz CT molecular complexity index is 824. The number of carbonyl (C=O) groups excluding carboxylic acids is 1. The lowest BCUT2D eigenvalue weighted by molar-refractivity contribution is 0.0697. The fourth-order valence-electron chi connectivity index (χ4n) is 2.49. The third-order valence-electron chi connectivity index (χ3n) is 3.51. The maximum absolute atomic E-state index is 12.7. The van der Waals surface area contributed by atoms with Crippen molar-refractivity contribution in [3.05, 3.63) is 47.4 Å². The minimum absolute atomic E-state index is 0.129. The number of aromatic nitrogens is 5. The van der Waals surface area contributed by atoms with Crippen LogP contribution in [0.5, 0.6) is 0 Å². The van der Waals surface area contributed by atoms with Crippen LogP contribution in [-0.2, 0) is 6.54 Å². The second kappa shape index (κ2) is 6.17. The summed E-state index contributed by atoms with van der Waals surface area (Å²) in [5.41, 5.74) is 2.71. The number of hydrogen-bond donors (Lipinski definition) is 2. The van der Waals surface area contributed by atoms with Crippen molar-refractivity contribution in [3.63, 3.8) is 0 Å². The molecule has 0 fully saturated rings. The molecule has 3 rings (SSSR count). The summed E-state index contributed by atoms with van der Waals surface area (Å²) >= 11 is 0. The van der Waals surface area contributed by atoms with Crippen LogP contribution in [-0.4, -0.2) is 53.6 Å². The largest absolute Gasteiger partial charge is 0.395 e. The number of aromatic amines is 1. The van der Waals surface area contributed by atoms with Gasteiger partial charge in [0.15, 0.2) is 11.3 Å². The number of fused-ring (bicyclic) bond motifs is 1. The van der Waals surface area contributed by atoms with Crippen molar-refractivity contribution in [2.45, 2.75) is 20.4 Å². The van der Waals surface area contributed by atoms with Gasteiger partial charge in [-0.15, -0.1) is 0 Å². The third kappa shape index (κ3) is 3.07. The van der Waals surface area contributed by atoms with Crippen molar-refractivity contribution in [2.24, 2.45) is 0 Å². The quantitative estimate of drug-likeness (QED) is 0.722. The van der Waals surface area contributed by atoms with Gasteiger partial charge in [0.2, 0.25) is 0 Å². The molecule has 0 aliphatic carbocycles. The average Bonchev–Trinajstić information content (AvgIpc) is 3.15. The van der Waals surface area contributed by atoms with E-state index in [1.165, 1.54) is 4.90 Å². The van der Waals surface area contributed by atoms with Crippen molar-refractivity contribution in [1.82, 2.24) is 29.5 Å². The Labute approximate surface area is 132 Å². The highest BCUT2D eigenvalue weighted by Gasteiger charge is 2.20. The smallest absolute Gasteiger partial charge is 0.274 e. The van der Waals surface area contributed by atoms with E-state index in [1.807, 2.05) is 19.9 Å². The van der Waals surface area contributed by atoms with Crippen LogP contribution in [0.15, 0.2) is 24.5 Å². The van der Waals surface area contributed by atoms with Gasteiger partial charge in [0, 0.05) is 36.4 Å². The molecule has 8 heteroatoms. The summed E-state index contributed by atoms with van der Waals surface area (Å²) in [7, 11) is 0. The average molecular weight is 314 g/mol. The van der Waals surface area contributed by atoms with E-state index < -0.39 is 0 Å². The standard InChI is InChI=1S/C15H18N6O2/c1-10-7-11(2)21-14(18-10)8-12(19-21)15(23)20(5-6-22)9-13-16-3-4-17-13/h3-4,7-8,22H,5-6,9H2,1-2H3,(H,16,17). The van der Waals surface area contributed by atoms with Gasteiger partial charge < -0.3 is 15.0 Å². The maximum atomic E-state index is 12.7. The van der Waals surface area contributed by atoms with Crippen LogP contribution < -0.4 is 0 Å². The summed E-state index contributed by atoms with van der Waals surface area (Å²) in [6.07, 6.45) is 3.32.